The minimum atomic E-state index is 1.07. The first-order valence-electron chi connectivity index (χ1n) is 6.77. The molecule has 1 saturated carbocycles. The Labute approximate surface area is 94.4 Å². The predicted octanol–water partition coefficient (Wildman–Crippen LogP) is 2.11. The van der Waals surface area contributed by atoms with Crippen LogP contribution in [0.1, 0.15) is 38.5 Å². The van der Waals surface area contributed by atoms with E-state index in [1.165, 1.54) is 58.2 Å². The molecule has 15 heavy (non-hydrogen) atoms. The van der Waals surface area contributed by atoms with Crippen LogP contribution in [0.3, 0.4) is 0 Å². The van der Waals surface area contributed by atoms with Crippen molar-refractivity contribution in [1.82, 2.24) is 10.2 Å². The normalized spacial score (nSPS) is 26.2. The molecule has 2 heteroatoms. The molecular formula is C13H26N2. The van der Waals surface area contributed by atoms with Crippen molar-refractivity contribution in [1.29, 1.82) is 0 Å². The Bertz CT molecular complexity index is 167. The third-order valence-corrected chi connectivity index (χ3v) is 4.38. The number of nitrogens with zero attached hydrogens (tertiary/aromatic N) is 1. The standard InChI is InChI=1S/C13H26N2/c1-14-8-11-15-9-6-13(7-10-15)12-4-2-3-5-12/h12-14H,2-11H2,1H3. The number of likely N-dealkylation sites (tertiary alicyclic amines) is 1. The smallest absolute Gasteiger partial charge is 0.0107 e. The third-order valence-electron chi connectivity index (χ3n) is 4.38. The number of hydrogen-bond donors (Lipinski definition) is 1. The molecule has 2 fully saturated rings. The van der Waals surface area contributed by atoms with E-state index in [-0.39, 0.29) is 0 Å². The van der Waals surface area contributed by atoms with Gasteiger partial charge in [0.1, 0.15) is 0 Å². The molecule has 0 bridgehead atoms. The van der Waals surface area contributed by atoms with Crippen LogP contribution in [-0.4, -0.2) is 38.1 Å². The molecule has 2 aliphatic rings. The number of rotatable bonds is 4. The van der Waals surface area contributed by atoms with Crippen molar-refractivity contribution in [3.8, 4) is 0 Å². The van der Waals surface area contributed by atoms with E-state index in [9.17, 15) is 0 Å². The summed E-state index contributed by atoms with van der Waals surface area (Å²) in [6.07, 6.45) is 9.00. The first kappa shape index (κ1) is 11.4. The van der Waals surface area contributed by atoms with Crippen molar-refractivity contribution in [3.05, 3.63) is 0 Å². The van der Waals surface area contributed by atoms with Crippen LogP contribution in [0.25, 0.3) is 0 Å². The Morgan fingerprint density at radius 1 is 1.00 bits per heavy atom. The van der Waals surface area contributed by atoms with Gasteiger partial charge in [0.25, 0.3) is 0 Å². The molecule has 0 atom stereocenters. The summed E-state index contributed by atoms with van der Waals surface area (Å²) in [6, 6.07) is 0. The molecule has 88 valence electrons. The van der Waals surface area contributed by atoms with E-state index in [4.69, 9.17) is 0 Å². The summed E-state index contributed by atoms with van der Waals surface area (Å²) in [5, 5.41) is 3.24. The van der Waals surface area contributed by atoms with Gasteiger partial charge in [-0.25, -0.2) is 0 Å². The fourth-order valence-electron chi connectivity index (χ4n) is 3.35. The van der Waals surface area contributed by atoms with E-state index >= 15 is 0 Å². The fourth-order valence-corrected chi connectivity index (χ4v) is 3.35. The van der Waals surface area contributed by atoms with Gasteiger partial charge in [-0.15, -0.1) is 0 Å². The summed E-state index contributed by atoms with van der Waals surface area (Å²) >= 11 is 0. The monoisotopic (exact) mass is 210 g/mol. The molecule has 0 aromatic rings. The van der Waals surface area contributed by atoms with Crippen LogP contribution in [0.2, 0.25) is 0 Å². The van der Waals surface area contributed by atoms with Gasteiger partial charge >= 0.3 is 0 Å². The Hall–Kier alpha value is -0.0800. The lowest BCUT2D eigenvalue weighted by Crippen LogP contribution is -2.39. The zero-order chi connectivity index (χ0) is 10.5. The fraction of sp³-hybridized carbons (Fsp3) is 1.00. The summed E-state index contributed by atoms with van der Waals surface area (Å²) in [5.41, 5.74) is 0. The van der Waals surface area contributed by atoms with E-state index < -0.39 is 0 Å². The van der Waals surface area contributed by atoms with Gasteiger partial charge in [0.2, 0.25) is 0 Å². The highest BCUT2D eigenvalue weighted by Crippen LogP contribution is 2.36. The maximum atomic E-state index is 3.24. The molecule has 1 saturated heterocycles. The quantitative estimate of drug-likeness (QED) is 0.764. The van der Waals surface area contributed by atoms with Gasteiger partial charge in [0.05, 0.1) is 0 Å². The summed E-state index contributed by atoms with van der Waals surface area (Å²) in [6.45, 7) is 5.09. The highest BCUT2D eigenvalue weighted by atomic mass is 15.1. The minimum absolute atomic E-state index is 1.07. The maximum absolute atomic E-state index is 3.24. The highest BCUT2D eigenvalue weighted by Gasteiger charge is 2.28. The number of likely N-dealkylation sites (N-methyl/N-ethyl adjacent to an activating group) is 1. The molecule has 1 aliphatic carbocycles. The lowest BCUT2D eigenvalue weighted by Gasteiger charge is -2.34. The molecule has 0 spiro atoms. The second-order valence-corrected chi connectivity index (χ2v) is 5.33. The summed E-state index contributed by atoms with van der Waals surface area (Å²) < 4.78 is 0. The van der Waals surface area contributed by atoms with Crippen molar-refractivity contribution in [2.75, 3.05) is 33.2 Å². The van der Waals surface area contributed by atoms with Gasteiger partial charge in [0.15, 0.2) is 0 Å². The largest absolute Gasteiger partial charge is 0.318 e. The molecule has 1 N–H and O–H groups in total. The molecule has 0 unspecified atom stereocenters. The average molecular weight is 210 g/mol. The number of piperidine rings is 1. The first-order valence-corrected chi connectivity index (χ1v) is 6.77. The maximum Gasteiger partial charge on any atom is 0.0107 e. The molecule has 1 heterocycles. The van der Waals surface area contributed by atoms with Gasteiger partial charge in [-0.2, -0.15) is 0 Å². The molecule has 2 rings (SSSR count). The molecular weight excluding hydrogens is 184 g/mol. The van der Waals surface area contributed by atoms with Crippen molar-refractivity contribution in [2.24, 2.45) is 11.8 Å². The Balaban J connectivity index is 1.67. The second kappa shape index (κ2) is 5.86. The van der Waals surface area contributed by atoms with Gasteiger partial charge < -0.3 is 10.2 Å². The zero-order valence-corrected chi connectivity index (χ0v) is 10.2. The van der Waals surface area contributed by atoms with Crippen molar-refractivity contribution in [2.45, 2.75) is 38.5 Å². The Morgan fingerprint density at radius 3 is 2.20 bits per heavy atom. The van der Waals surface area contributed by atoms with E-state index in [0.717, 1.165) is 18.4 Å². The van der Waals surface area contributed by atoms with Gasteiger partial charge in [0, 0.05) is 13.1 Å². The molecule has 0 amide bonds. The second-order valence-electron chi connectivity index (χ2n) is 5.33. The SMILES string of the molecule is CNCCN1CCC(C2CCCC2)CC1. The third kappa shape index (κ3) is 3.18. The van der Waals surface area contributed by atoms with Crippen molar-refractivity contribution in [3.63, 3.8) is 0 Å². The number of hydrogen-bond acceptors (Lipinski definition) is 2. The Morgan fingerprint density at radius 2 is 1.60 bits per heavy atom. The van der Waals surface area contributed by atoms with E-state index in [2.05, 4.69) is 10.2 Å². The lowest BCUT2D eigenvalue weighted by molar-refractivity contribution is 0.149. The van der Waals surface area contributed by atoms with Crippen LogP contribution in [0, 0.1) is 11.8 Å². The van der Waals surface area contributed by atoms with E-state index in [0.29, 0.717) is 0 Å². The van der Waals surface area contributed by atoms with Gasteiger partial charge in [-0.05, 0) is 44.8 Å². The molecule has 0 aromatic heterocycles. The van der Waals surface area contributed by atoms with Crippen LogP contribution in [0.5, 0.6) is 0 Å². The highest BCUT2D eigenvalue weighted by molar-refractivity contribution is 4.80. The number of nitrogens with one attached hydrogen (secondary N) is 1. The molecule has 1 aliphatic heterocycles. The van der Waals surface area contributed by atoms with Gasteiger partial charge in [-0.3, -0.25) is 0 Å². The lowest BCUT2D eigenvalue weighted by atomic mass is 9.83. The molecule has 0 radical (unpaired) electrons. The summed E-state index contributed by atoms with van der Waals surface area (Å²) in [4.78, 5) is 2.63. The first-order chi connectivity index (χ1) is 7.40. The van der Waals surface area contributed by atoms with Crippen molar-refractivity contribution >= 4 is 0 Å². The average Bonchev–Trinajstić information content (AvgIpc) is 2.80. The van der Waals surface area contributed by atoms with Crippen LogP contribution in [0.4, 0.5) is 0 Å². The topological polar surface area (TPSA) is 15.3 Å². The molecule has 2 nitrogen and oxygen atoms in total. The van der Waals surface area contributed by atoms with E-state index in [1.54, 1.807) is 0 Å². The zero-order valence-electron chi connectivity index (χ0n) is 10.2. The Kier molecular flexibility index (Phi) is 4.45. The minimum Gasteiger partial charge on any atom is -0.318 e. The predicted molar refractivity (Wildman–Crippen MR) is 65.0 cm³/mol. The van der Waals surface area contributed by atoms with Crippen LogP contribution in [0.15, 0.2) is 0 Å². The van der Waals surface area contributed by atoms with Crippen molar-refractivity contribution < 1.29 is 0 Å². The van der Waals surface area contributed by atoms with Crippen LogP contribution >= 0.6 is 0 Å². The summed E-state index contributed by atoms with van der Waals surface area (Å²) in [5.74, 6) is 2.16. The van der Waals surface area contributed by atoms with Crippen LogP contribution in [-0.2, 0) is 0 Å². The van der Waals surface area contributed by atoms with Crippen LogP contribution < -0.4 is 5.32 Å². The summed E-state index contributed by atoms with van der Waals surface area (Å²) in [7, 11) is 2.05. The van der Waals surface area contributed by atoms with Gasteiger partial charge in [-0.1, -0.05) is 25.7 Å². The van der Waals surface area contributed by atoms with E-state index in [1.807, 2.05) is 7.05 Å². The molecule has 0 aromatic carbocycles.